The molecule has 0 aliphatic carbocycles. The summed E-state index contributed by atoms with van der Waals surface area (Å²) in [4.78, 5) is 2.23. The number of hydrogen-bond donors (Lipinski definition) is 2. The van der Waals surface area contributed by atoms with Crippen molar-refractivity contribution in [2.75, 3.05) is 19.6 Å². The van der Waals surface area contributed by atoms with Crippen LogP contribution in [0, 0.1) is 0 Å². The molecule has 1 heterocycles. The average molecular weight is 144 g/mol. The largest absolute Gasteiger partial charge is 0.392 e. The maximum absolute atomic E-state index is 9.02. The van der Waals surface area contributed by atoms with Gasteiger partial charge < -0.3 is 10.8 Å². The summed E-state index contributed by atoms with van der Waals surface area (Å²) in [7, 11) is 0. The normalized spacial score (nSPS) is 29.7. The molecule has 2 unspecified atom stereocenters. The summed E-state index contributed by atoms with van der Waals surface area (Å²) in [6, 6.07) is 0.537. The lowest BCUT2D eigenvalue weighted by molar-refractivity contribution is 0.0424. The van der Waals surface area contributed by atoms with Gasteiger partial charge in [-0.25, -0.2) is 0 Å². The van der Waals surface area contributed by atoms with Crippen LogP contribution in [0.4, 0.5) is 0 Å². The fraction of sp³-hybridized carbons (Fsp3) is 1.00. The molecule has 1 rings (SSSR count). The zero-order valence-electron chi connectivity index (χ0n) is 6.45. The number of aliphatic hydroxyl groups is 1. The highest BCUT2D eigenvalue weighted by Gasteiger charge is 2.26. The molecule has 10 heavy (non-hydrogen) atoms. The van der Waals surface area contributed by atoms with E-state index in [-0.39, 0.29) is 6.10 Å². The van der Waals surface area contributed by atoms with E-state index in [4.69, 9.17) is 10.8 Å². The lowest BCUT2D eigenvalue weighted by atomic mass is 10.0. The van der Waals surface area contributed by atoms with Crippen LogP contribution in [0.5, 0.6) is 0 Å². The molecule has 0 aromatic carbocycles. The van der Waals surface area contributed by atoms with Crippen molar-refractivity contribution in [1.82, 2.24) is 4.90 Å². The van der Waals surface area contributed by atoms with Crippen molar-refractivity contribution in [2.45, 2.75) is 25.5 Å². The number of likely N-dealkylation sites (tertiary alicyclic amines) is 1. The molecule has 0 amide bonds. The number of nitrogens with zero attached hydrogens (tertiary/aromatic N) is 1. The Morgan fingerprint density at radius 2 is 2.50 bits per heavy atom. The molecule has 1 aliphatic rings. The number of aliphatic hydroxyl groups excluding tert-OH is 1. The first-order valence-electron chi connectivity index (χ1n) is 3.86. The van der Waals surface area contributed by atoms with E-state index in [1.807, 2.05) is 6.92 Å². The fourth-order valence-corrected chi connectivity index (χ4v) is 1.34. The Kier molecular flexibility index (Phi) is 2.65. The van der Waals surface area contributed by atoms with Crippen molar-refractivity contribution < 1.29 is 5.11 Å². The van der Waals surface area contributed by atoms with Gasteiger partial charge in [0, 0.05) is 25.7 Å². The summed E-state index contributed by atoms with van der Waals surface area (Å²) in [5, 5.41) is 9.02. The Morgan fingerprint density at radius 3 is 2.80 bits per heavy atom. The minimum atomic E-state index is -0.214. The third kappa shape index (κ3) is 1.68. The van der Waals surface area contributed by atoms with Crippen LogP contribution < -0.4 is 5.73 Å². The number of nitrogens with two attached hydrogens (primary N) is 1. The van der Waals surface area contributed by atoms with Crippen LogP contribution in [0.3, 0.4) is 0 Å². The van der Waals surface area contributed by atoms with Gasteiger partial charge in [-0.15, -0.1) is 0 Å². The Hall–Kier alpha value is -0.120. The summed E-state index contributed by atoms with van der Waals surface area (Å²) in [5.74, 6) is 0. The monoisotopic (exact) mass is 144 g/mol. The Labute approximate surface area is 61.8 Å². The van der Waals surface area contributed by atoms with Gasteiger partial charge in [-0.2, -0.15) is 0 Å². The maximum Gasteiger partial charge on any atom is 0.0639 e. The molecule has 0 aromatic heterocycles. The Bertz CT molecular complexity index is 104. The molecular weight excluding hydrogens is 128 g/mol. The minimum Gasteiger partial charge on any atom is -0.392 e. The first-order valence-corrected chi connectivity index (χ1v) is 3.86. The van der Waals surface area contributed by atoms with E-state index in [0.717, 1.165) is 19.6 Å². The average Bonchev–Trinajstić information content (AvgIpc) is 1.82. The van der Waals surface area contributed by atoms with E-state index in [1.54, 1.807) is 0 Å². The van der Waals surface area contributed by atoms with Gasteiger partial charge in [-0.3, -0.25) is 4.90 Å². The predicted octanol–water partition coefficient (Wildman–Crippen LogP) is -0.600. The van der Waals surface area contributed by atoms with E-state index in [9.17, 15) is 0 Å². The highest BCUT2D eigenvalue weighted by Crippen LogP contribution is 2.15. The second kappa shape index (κ2) is 3.32. The predicted molar refractivity (Wildman–Crippen MR) is 40.7 cm³/mol. The quantitative estimate of drug-likeness (QED) is 0.556. The molecule has 0 spiro atoms. The fourth-order valence-electron chi connectivity index (χ4n) is 1.34. The van der Waals surface area contributed by atoms with Crippen molar-refractivity contribution >= 4 is 0 Å². The van der Waals surface area contributed by atoms with Crippen LogP contribution in [-0.4, -0.2) is 41.8 Å². The molecule has 0 radical (unpaired) electrons. The molecule has 3 nitrogen and oxygen atoms in total. The van der Waals surface area contributed by atoms with Crippen molar-refractivity contribution in [2.24, 2.45) is 5.73 Å². The lowest BCUT2D eigenvalue weighted by Gasteiger charge is -2.40. The summed E-state index contributed by atoms with van der Waals surface area (Å²) in [6.45, 7) is 4.42. The van der Waals surface area contributed by atoms with Crippen LogP contribution >= 0.6 is 0 Å². The van der Waals surface area contributed by atoms with Crippen LogP contribution in [0.2, 0.25) is 0 Å². The lowest BCUT2D eigenvalue weighted by Crippen LogP contribution is -2.53. The Balaban J connectivity index is 2.16. The molecule has 3 N–H and O–H groups in total. The molecule has 0 aromatic rings. The maximum atomic E-state index is 9.02. The van der Waals surface area contributed by atoms with Crippen LogP contribution in [0.25, 0.3) is 0 Å². The van der Waals surface area contributed by atoms with E-state index in [2.05, 4.69) is 4.90 Å². The molecule has 0 bridgehead atoms. The second-order valence-corrected chi connectivity index (χ2v) is 3.02. The second-order valence-electron chi connectivity index (χ2n) is 3.02. The van der Waals surface area contributed by atoms with E-state index in [0.29, 0.717) is 6.04 Å². The zero-order chi connectivity index (χ0) is 7.56. The van der Waals surface area contributed by atoms with Crippen LogP contribution in [0.1, 0.15) is 13.3 Å². The van der Waals surface area contributed by atoms with Crippen LogP contribution in [-0.2, 0) is 0 Å². The SMILES string of the molecule is CC(O)CN1CCC1CN. The smallest absolute Gasteiger partial charge is 0.0639 e. The third-order valence-electron chi connectivity index (χ3n) is 2.04. The summed E-state index contributed by atoms with van der Waals surface area (Å²) in [6.07, 6.45) is 0.984. The molecule has 2 atom stereocenters. The summed E-state index contributed by atoms with van der Waals surface area (Å²) in [5.41, 5.74) is 5.48. The van der Waals surface area contributed by atoms with Gasteiger partial charge in [-0.1, -0.05) is 0 Å². The van der Waals surface area contributed by atoms with Gasteiger partial charge in [0.1, 0.15) is 0 Å². The molecule has 1 aliphatic heterocycles. The van der Waals surface area contributed by atoms with Gasteiger partial charge in [0.25, 0.3) is 0 Å². The molecule has 0 saturated carbocycles. The van der Waals surface area contributed by atoms with Crippen LogP contribution in [0.15, 0.2) is 0 Å². The van der Waals surface area contributed by atoms with Crippen molar-refractivity contribution in [3.8, 4) is 0 Å². The van der Waals surface area contributed by atoms with Gasteiger partial charge in [0.2, 0.25) is 0 Å². The van der Waals surface area contributed by atoms with Crippen molar-refractivity contribution in [3.05, 3.63) is 0 Å². The Morgan fingerprint density at radius 1 is 1.80 bits per heavy atom. The topological polar surface area (TPSA) is 49.5 Å². The highest BCUT2D eigenvalue weighted by molar-refractivity contribution is 4.83. The summed E-state index contributed by atoms with van der Waals surface area (Å²) < 4.78 is 0. The zero-order valence-corrected chi connectivity index (χ0v) is 6.45. The molecule has 1 saturated heterocycles. The third-order valence-corrected chi connectivity index (χ3v) is 2.04. The minimum absolute atomic E-state index is 0.214. The first-order chi connectivity index (χ1) is 4.74. The van der Waals surface area contributed by atoms with E-state index in [1.165, 1.54) is 6.42 Å². The standard InChI is InChI=1S/C7H16N2O/c1-6(10)5-9-3-2-7(9)4-8/h6-7,10H,2-5,8H2,1H3. The number of hydrogen-bond acceptors (Lipinski definition) is 3. The van der Waals surface area contributed by atoms with E-state index < -0.39 is 0 Å². The van der Waals surface area contributed by atoms with E-state index >= 15 is 0 Å². The van der Waals surface area contributed by atoms with Gasteiger partial charge >= 0.3 is 0 Å². The first kappa shape index (κ1) is 7.98. The molecular formula is C7H16N2O. The molecule has 1 fully saturated rings. The van der Waals surface area contributed by atoms with Gasteiger partial charge in [0.15, 0.2) is 0 Å². The van der Waals surface area contributed by atoms with Gasteiger partial charge in [-0.05, 0) is 13.3 Å². The van der Waals surface area contributed by atoms with Crippen molar-refractivity contribution in [1.29, 1.82) is 0 Å². The van der Waals surface area contributed by atoms with Crippen molar-refractivity contribution in [3.63, 3.8) is 0 Å². The molecule has 3 heteroatoms. The number of rotatable bonds is 3. The highest BCUT2D eigenvalue weighted by atomic mass is 16.3. The number of β-amino-alcohol motifs (C(OH)–C–C–N with tert-alkyl or cyclic N) is 1. The van der Waals surface area contributed by atoms with Gasteiger partial charge in [0.05, 0.1) is 6.10 Å². The summed E-state index contributed by atoms with van der Waals surface area (Å²) >= 11 is 0. The molecule has 60 valence electrons.